The smallest absolute Gasteiger partial charge is 0.206 e. The molecule has 1 aromatic rings. The third kappa shape index (κ3) is 3.75. The van der Waals surface area contributed by atoms with Crippen molar-refractivity contribution in [3.63, 3.8) is 0 Å². The van der Waals surface area contributed by atoms with Gasteiger partial charge in [-0.15, -0.1) is 11.8 Å². The molecule has 1 nitrogen and oxygen atoms in total. The lowest BCUT2D eigenvalue weighted by atomic mass is 10.2. The van der Waals surface area contributed by atoms with Crippen LogP contribution in [0.5, 0.6) is 0 Å². The van der Waals surface area contributed by atoms with Crippen molar-refractivity contribution in [2.45, 2.75) is 17.7 Å². The topological polar surface area (TPSA) is 23.8 Å². The molecule has 1 aromatic carbocycles. The number of nitrogens with zero attached hydrogens (tertiary/aromatic N) is 1. The molecule has 0 N–H and O–H groups in total. The number of halogens is 2. The maximum atomic E-state index is 12.5. The summed E-state index contributed by atoms with van der Waals surface area (Å²) in [6.07, 6.45) is 0. The molecule has 0 unspecified atom stereocenters. The van der Waals surface area contributed by atoms with Crippen LogP contribution in [-0.2, 0) is 0 Å². The van der Waals surface area contributed by atoms with E-state index in [1.165, 1.54) is 0 Å². The fraction of sp³-hybridized carbons (Fsp3) is 0.300. The predicted molar refractivity (Wildman–Crippen MR) is 52.5 cm³/mol. The van der Waals surface area contributed by atoms with Crippen molar-refractivity contribution in [2.24, 2.45) is 0 Å². The zero-order valence-electron chi connectivity index (χ0n) is 7.63. The molecule has 0 aromatic heterocycles. The Morgan fingerprint density at radius 2 is 2.21 bits per heavy atom. The summed E-state index contributed by atoms with van der Waals surface area (Å²) in [5.74, 6) is -2.94. The average molecular weight is 213 g/mol. The first-order chi connectivity index (χ1) is 6.51. The summed E-state index contributed by atoms with van der Waals surface area (Å²) in [4.78, 5) is 0.700. The van der Waals surface area contributed by atoms with Gasteiger partial charge in [0.2, 0.25) is 0 Å². The van der Waals surface area contributed by atoms with E-state index in [1.54, 1.807) is 24.3 Å². The summed E-state index contributed by atoms with van der Waals surface area (Å²) in [6.45, 7) is 0.883. The first-order valence-corrected chi connectivity index (χ1v) is 5.00. The van der Waals surface area contributed by atoms with E-state index in [0.717, 1.165) is 18.7 Å². The van der Waals surface area contributed by atoms with Gasteiger partial charge in [-0.2, -0.15) is 5.26 Å². The highest BCUT2D eigenvalue weighted by Crippen LogP contribution is 2.26. The third-order valence-electron chi connectivity index (χ3n) is 1.46. The third-order valence-corrected chi connectivity index (χ3v) is 2.69. The quantitative estimate of drug-likeness (QED) is 0.719. The van der Waals surface area contributed by atoms with Crippen LogP contribution < -0.4 is 0 Å². The number of nitriles is 1. The Bertz CT molecular complexity index is 352. The minimum atomic E-state index is -2.67. The molecule has 14 heavy (non-hydrogen) atoms. The highest BCUT2D eigenvalue weighted by atomic mass is 32.2. The molecule has 0 heterocycles. The van der Waals surface area contributed by atoms with Gasteiger partial charge in [-0.25, -0.2) is 8.78 Å². The number of benzene rings is 1. The van der Waals surface area contributed by atoms with Crippen molar-refractivity contribution in [1.82, 2.24) is 0 Å². The van der Waals surface area contributed by atoms with Gasteiger partial charge in [0.05, 0.1) is 17.4 Å². The van der Waals surface area contributed by atoms with Crippen molar-refractivity contribution < 1.29 is 8.78 Å². The molecule has 74 valence electrons. The molecule has 0 fully saturated rings. The van der Waals surface area contributed by atoms with Gasteiger partial charge in [-0.1, -0.05) is 6.07 Å². The number of thioether (sulfide) groups is 1. The Morgan fingerprint density at radius 3 is 2.79 bits per heavy atom. The highest BCUT2D eigenvalue weighted by Gasteiger charge is 2.20. The summed E-state index contributed by atoms with van der Waals surface area (Å²) >= 11 is 1.06. The summed E-state index contributed by atoms with van der Waals surface area (Å²) in [6, 6.07) is 8.63. The molecular formula is C10H9F2NS. The zero-order chi connectivity index (χ0) is 10.6. The molecule has 0 aliphatic carbocycles. The molecule has 0 amide bonds. The molecule has 0 atom stereocenters. The van der Waals surface area contributed by atoms with Gasteiger partial charge >= 0.3 is 0 Å². The van der Waals surface area contributed by atoms with Crippen LogP contribution in [0.3, 0.4) is 0 Å². The van der Waals surface area contributed by atoms with Gasteiger partial charge in [0, 0.05) is 11.8 Å². The van der Waals surface area contributed by atoms with Gasteiger partial charge in [0.25, 0.3) is 5.92 Å². The van der Waals surface area contributed by atoms with Gasteiger partial charge in [0.1, 0.15) is 0 Å². The van der Waals surface area contributed by atoms with E-state index in [2.05, 4.69) is 0 Å². The summed E-state index contributed by atoms with van der Waals surface area (Å²) < 4.78 is 25.0. The van der Waals surface area contributed by atoms with Crippen molar-refractivity contribution in [3.05, 3.63) is 29.8 Å². The van der Waals surface area contributed by atoms with Crippen LogP contribution in [0.15, 0.2) is 29.2 Å². The number of hydrogen-bond donors (Lipinski definition) is 0. The molecule has 0 bridgehead atoms. The molecule has 0 spiro atoms. The normalized spacial score (nSPS) is 11.0. The van der Waals surface area contributed by atoms with Crippen LogP contribution in [0.1, 0.15) is 12.5 Å². The van der Waals surface area contributed by atoms with Gasteiger partial charge in [-0.05, 0) is 18.2 Å². The maximum Gasteiger partial charge on any atom is 0.254 e. The maximum absolute atomic E-state index is 12.5. The lowest BCUT2D eigenvalue weighted by molar-refractivity contribution is 0.0492. The molecule has 0 saturated carbocycles. The second-order valence-corrected chi connectivity index (χ2v) is 4.05. The zero-order valence-corrected chi connectivity index (χ0v) is 8.44. The average Bonchev–Trinajstić information content (AvgIpc) is 2.14. The van der Waals surface area contributed by atoms with Crippen LogP contribution in [0.2, 0.25) is 0 Å². The first-order valence-electron chi connectivity index (χ1n) is 4.02. The SMILES string of the molecule is CC(F)(F)CSc1cccc(C#N)c1. The van der Waals surface area contributed by atoms with Crippen molar-refractivity contribution in [2.75, 3.05) is 5.75 Å². The molecule has 0 radical (unpaired) electrons. The Kier molecular flexibility index (Phi) is 3.48. The van der Waals surface area contributed by atoms with Gasteiger partial charge < -0.3 is 0 Å². The van der Waals surface area contributed by atoms with Crippen molar-refractivity contribution >= 4 is 11.8 Å². The van der Waals surface area contributed by atoms with Gasteiger partial charge in [-0.3, -0.25) is 0 Å². The molecule has 0 aliphatic heterocycles. The first kappa shape index (κ1) is 11.0. The summed E-state index contributed by atoms with van der Waals surface area (Å²) in [7, 11) is 0. The minimum absolute atomic E-state index is 0.262. The minimum Gasteiger partial charge on any atom is -0.206 e. The Balaban J connectivity index is 2.65. The Labute approximate surface area is 85.7 Å². The monoisotopic (exact) mass is 213 g/mol. The predicted octanol–water partition coefficient (Wildman–Crippen LogP) is 3.31. The number of rotatable bonds is 3. The summed E-state index contributed by atoms with van der Waals surface area (Å²) in [5.41, 5.74) is 0.495. The van der Waals surface area contributed by atoms with E-state index in [4.69, 9.17) is 5.26 Å². The highest BCUT2D eigenvalue weighted by molar-refractivity contribution is 7.99. The largest absolute Gasteiger partial charge is 0.254 e. The van der Waals surface area contributed by atoms with Crippen LogP contribution in [0.25, 0.3) is 0 Å². The molecule has 0 aliphatic rings. The van der Waals surface area contributed by atoms with Crippen LogP contribution in [-0.4, -0.2) is 11.7 Å². The Hall–Kier alpha value is -1.08. The van der Waals surface area contributed by atoms with E-state index >= 15 is 0 Å². The lowest BCUT2D eigenvalue weighted by Gasteiger charge is -2.08. The second kappa shape index (κ2) is 4.43. The molecular weight excluding hydrogens is 204 g/mol. The van der Waals surface area contributed by atoms with Crippen molar-refractivity contribution in [1.29, 1.82) is 5.26 Å². The van der Waals surface area contributed by atoms with Crippen LogP contribution >= 0.6 is 11.8 Å². The van der Waals surface area contributed by atoms with Crippen LogP contribution in [0, 0.1) is 11.3 Å². The Morgan fingerprint density at radius 1 is 1.50 bits per heavy atom. The van der Waals surface area contributed by atoms with E-state index < -0.39 is 5.92 Å². The van der Waals surface area contributed by atoms with E-state index in [-0.39, 0.29) is 5.75 Å². The molecule has 4 heteroatoms. The standard InChI is InChI=1S/C10H9F2NS/c1-10(11,12)7-14-9-4-2-3-8(5-9)6-13/h2-5H,7H2,1H3. The second-order valence-electron chi connectivity index (χ2n) is 3.00. The summed E-state index contributed by atoms with van der Waals surface area (Å²) in [5, 5.41) is 8.58. The van der Waals surface area contributed by atoms with E-state index in [9.17, 15) is 8.78 Å². The fourth-order valence-electron chi connectivity index (χ4n) is 0.865. The number of alkyl halides is 2. The van der Waals surface area contributed by atoms with E-state index in [1.807, 2.05) is 6.07 Å². The van der Waals surface area contributed by atoms with Gasteiger partial charge in [0.15, 0.2) is 0 Å². The van der Waals surface area contributed by atoms with Crippen LogP contribution in [0.4, 0.5) is 8.78 Å². The fourth-order valence-corrected chi connectivity index (χ4v) is 1.67. The number of hydrogen-bond acceptors (Lipinski definition) is 2. The molecule has 0 saturated heterocycles. The van der Waals surface area contributed by atoms with E-state index in [0.29, 0.717) is 10.5 Å². The molecule has 1 rings (SSSR count). The van der Waals surface area contributed by atoms with Crippen molar-refractivity contribution in [3.8, 4) is 6.07 Å². The lowest BCUT2D eigenvalue weighted by Crippen LogP contribution is -2.12.